The highest BCUT2D eigenvalue weighted by atomic mass is 32.1. The zero-order valence-corrected chi connectivity index (χ0v) is 19.8. The van der Waals surface area contributed by atoms with Crippen LogP contribution < -0.4 is 5.32 Å². The highest BCUT2D eigenvalue weighted by molar-refractivity contribution is 7.20. The van der Waals surface area contributed by atoms with Crippen LogP contribution in [0.25, 0.3) is 27.4 Å². The zero-order chi connectivity index (χ0) is 24.5. The zero-order valence-electron chi connectivity index (χ0n) is 18.2. The van der Waals surface area contributed by atoms with Crippen molar-refractivity contribution in [2.24, 2.45) is 0 Å². The lowest BCUT2D eigenvalue weighted by molar-refractivity contribution is -0.173. The number of aryl methyl sites for hydroxylation is 1. The van der Waals surface area contributed by atoms with E-state index in [1.165, 1.54) is 46.7 Å². The number of fused-ring (bicyclic) bond motifs is 4. The van der Waals surface area contributed by atoms with Crippen LogP contribution in [-0.2, 0) is 4.74 Å². The minimum Gasteiger partial charge on any atom is -0.465 e. The van der Waals surface area contributed by atoms with Crippen LogP contribution in [0, 0.1) is 6.92 Å². The molecule has 1 N–H and O–H groups in total. The Bertz CT molecular complexity index is 1590. The van der Waals surface area contributed by atoms with E-state index in [4.69, 9.17) is 4.74 Å². The summed E-state index contributed by atoms with van der Waals surface area (Å²) in [5, 5.41) is 14.3. The summed E-state index contributed by atoms with van der Waals surface area (Å²) in [7, 11) is 1.30. The Kier molecular flexibility index (Phi) is 4.86. The number of hydrogen-bond donors (Lipinski definition) is 1. The fourth-order valence-electron chi connectivity index (χ4n) is 4.29. The average Bonchev–Trinajstić information content (AvgIpc) is 3.61. The van der Waals surface area contributed by atoms with Gasteiger partial charge in [-0.15, -0.1) is 27.8 Å². The van der Waals surface area contributed by atoms with Crippen molar-refractivity contribution in [2.75, 3.05) is 12.4 Å². The first-order valence-electron chi connectivity index (χ1n) is 10.4. The van der Waals surface area contributed by atoms with Gasteiger partial charge < -0.3 is 10.1 Å². The summed E-state index contributed by atoms with van der Waals surface area (Å²) in [4.78, 5) is 22.8. The maximum absolute atomic E-state index is 14.0. The van der Waals surface area contributed by atoms with Gasteiger partial charge in [-0.2, -0.15) is 18.3 Å². The quantitative estimate of drug-likeness (QED) is 0.334. The number of hydrogen-bond acceptors (Lipinski definition) is 9. The van der Waals surface area contributed by atoms with E-state index < -0.39 is 24.2 Å². The number of rotatable bonds is 3. The topological polar surface area (TPSA) is 99.2 Å². The lowest BCUT2D eigenvalue weighted by Crippen LogP contribution is -2.35. The van der Waals surface area contributed by atoms with Crippen LogP contribution >= 0.6 is 22.7 Å². The van der Waals surface area contributed by atoms with Crippen molar-refractivity contribution in [3.63, 3.8) is 0 Å². The molecule has 35 heavy (non-hydrogen) atoms. The van der Waals surface area contributed by atoms with Gasteiger partial charge >= 0.3 is 12.1 Å². The largest absolute Gasteiger partial charge is 0.465 e. The number of anilines is 1. The predicted octanol–water partition coefficient (Wildman–Crippen LogP) is 5.02. The van der Waals surface area contributed by atoms with Crippen LogP contribution in [0.3, 0.4) is 0 Å². The van der Waals surface area contributed by atoms with Crippen molar-refractivity contribution in [1.29, 1.82) is 0 Å². The first-order valence-corrected chi connectivity index (χ1v) is 12.1. The molecule has 0 saturated carbocycles. The monoisotopic (exact) mass is 519 g/mol. The lowest BCUT2D eigenvalue weighted by Gasteiger charge is -2.32. The van der Waals surface area contributed by atoms with Gasteiger partial charge in [-0.1, -0.05) is 6.07 Å². The molecule has 0 aromatic carbocycles. The van der Waals surface area contributed by atoms with E-state index in [9.17, 15) is 18.0 Å². The molecule has 0 saturated heterocycles. The van der Waals surface area contributed by atoms with Crippen molar-refractivity contribution in [2.45, 2.75) is 31.6 Å². The molecule has 6 rings (SSSR count). The van der Waals surface area contributed by atoms with Crippen molar-refractivity contribution in [1.82, 2.24) is 29.4 Å². The van der Waals surface area contributed by atoms with Gasteiger partial charge in [-0.3, -0.25) is 0 Å². The van der Waals surface area contributed by atoms with Crippen molar-refractivity contribution < 1.29 is 22.7 Å². The second-order valence-electron chi connectivity index (χ2n) is 8.04. The van der Waals surface area contributed by atoms with Gasteiger partial charge in [0.15, 0.2) is 11.7 Å². The number of alkyl halides is 3. The molecule has 5 aromatic heterocycles. The Morgan fingerprint density at radius 1 is 1.31 bits per heavy atom. The van der Waals surface area contributed by atoms with Gasteiger partial charge in [0.1, 0.15) is 27.5 Å². The van der Waals surface area contributed by atoms with Crippen molar-refractivity contribution in [3.05, 3.63) is 45.2 Å². The summed E-state index contributed by atoms with van der Waals surface area (Å²) in [5.41, 5.74) is 1.28. The van der Waals surface area contributed by atoms with E-state index in [-0.39, 0.29) is 23.8 Å². The summed E-state index contributed by atoms with van der Waals surface area (Å²) < 4.78 is 49.1. The Labute approximate surface area is 203 Å². The number of thiophene rings is 2. The number of nitrogens with one attached hydrogen (secondary N) is 1. The van der Waals surface area contributed by atoms with Gasteiger partial charge in [0, 0.05) is 17.4 Å². The van der Waals surface area contributed by atoms with Crippen LogP contribution in [0.2, 0.25) is 0 Å². The van der Waals surface area contributed by atoms with E-state index in [1.807, 2.05) is 17.5 Å². The van der Waals surface area contributed by atoms with Gasteiger partial charge in [0.25, 0.3) is 0 Å². The third-order valence-corrected chi connectivity index (χ3v) is 8.11. The molecule has 5 aromatic rings. The molecule has 6 heterocycles. The minimum absolute atomic E-state index is 0.154. The fraction of sp³-hybridized carbons (Fsp3) is 0.286. The number of carbonyl (C=O) groups is 1. The third-order valence-electron chi connectivity index (χ3n) is 5.94. The fourth-order valence-corrected chi connectivity index (χ4v) is 6.14. The number of ether oxygens (including phenoxy) is 1. The number of carbonyl (C=O) groups excluding carboxylic acids is 1. The third kappa shape index (κ3) is 3.46. The molecule has 14 heteroatoms. The van der Waals surface area contributed by atoms with E-state index in [0.717, 1.165) is 9.56 Å². The second-order valence-corrected chi connectivity index (χ2v) is 10.0. The minimum atomic E-state index is -4.48. The van der Waals surface area contributed by atoms with Crippen LogP contribution in [0.4, 0.5) is 19.0 Å². The number of aromatic nitrogens is 6. The Hall–Kier alpha value is -3.52. The van der Waals surface area contributed by atoms with E-state index in [1.54, 1.807) is 6.92 Å². The molecule has 0 amide bonds. The van der Waals surface area contributed by atoms with Crippen LogP contribution in [0.1, 0.15) is 38.6 Å². The molecule has 1 aliphatic rings. The highest BCUT2D eigenvalue weighted by Gasteiger charge is 2.47. The summed E-state index contributed by atoms with van der Waals surface area (Å²) in [6, 6.07) is 2.89. The molecule has 0 radical (unpaired) electrons. The van der Waals surface area contributed by atoms with Crippen LogP contribution in [0.15, 0.2) is 29.9 Å². The molecule has 180 valence electrons. The number of methoxy groups -OCH3 is 1. The maximum atomic E-state index is 14.0. The molecular formula is C21H16F3N7O2S2. The Morgan fingerprint density at radius 3 is 2.86 bits per heavy atom. The molecule has 0 bridgehead atoms. The van der Waals surface area contributed by atoms with Gasteiger partial charge in [-0.25, -0.2) is 24.0 Å². The average molecular weight is 520 g/mol. The van der Waals surface area contributed by atoms with E-state index >= 15 is 0 Å². The summed E-state index contributed by atoms with van der Waals surface area (Å²) in [5.74, 6) is -0.0784. The van der Waals surface area contributed by atoms with Crippen LogP contribution in [0.5, 0.6) is 0 Å². The number of nitrogens with zero attached hydrogens (tertiary/aromatic N) is 6. The number of halogens is 3. The van der Waals surface area contributed by atoms with Gasteiger partial charge in [-0.05, 0) is 23.9 Å². The Morgan fingerprint density at radius 2 is 2.14 bits per heavy atom. The predicted molar refractivity (Wildman–Crippen MR) is 124 cm³/mol. The highest BCUT2D eigenvalue weighted by Crippen LogP contribution is 2.45. The number of esters is 1. The van der Waals surface area contributed by atoms with Crippen molar-refractivity contribution in [3.8, 4) is 11.5 Å². The molecule has 9 nitrogen and oxygen atoms in total. The lowest BCUT2D eigenvalue weighted by atomic mass is 10.0. The first-order chi connectivity index (χ1) is 16.7. The molecule has 1 aliphatic heterocycles. The molecular weight excluding hydrogens is 503 g/mol. The maximum Gasteiger partial charge on any atom is 0.410 e. The van der Waals surface area contributed by atoms with E-state index in [2.05, 4.69) is 25.5 Å². The SMILES string of the molecule is COC(=O)c1sc2ncn3nc(-c4cc5n(n4)[C@H](C(F)(F)F)C[C@H](c4cccs4)N5)nc3c2c1C. The smallest absolute Gasteiger partial charge is 0.410 e. The molecule has 0 fully saturated rings. The normalized spacial score (nSPS) is 18.1. The van der Waals surface area contributed by atoms with Gasteiger partial charge in [0.2, 0.25) is 5.82 Å². The standard InChI is InChI=1S/C21H16F3N7O2S2/c1-9-15-18-27-17(29-30(18)8-25-19(15)35-16(9)20(32)33-2)11-7-14-26-10(12-4-3-5-34-12)6-13(21(22,23)24)31(14)28-11/h3-5,7-8,10,13,26H,6H2,1-2H3/t10-,13+/m1/s1. The first kappa shape index (κ1) is 22.0. The molecule has 0 aliphatic carbocycles. The van der Waals surface area contributed by atoms with Crippen LogP contribution in [-0.4, -0.2) is 48.6 Å². The Balaban J connectivity index is 1.46. The summed E-state index contributed by atoms with van der Waals surface area (Å²) in [6.07, 6.45) is -3.20. The second kappa shape index (κ2) is 7.75. The summed E-state index contributed by atoms with van der Waals surface area (Å²) >= 11 is 2.58. The molecule has 0 unspecified atom stereocenters. The summed E-state index contributed by atoms with van der Waals surface area (Å²) in [6.45, 7) is 1.76. The van der Waals surface area contributed by atoms with E-state index in [0.29, 0.717) is 26.3 Å². The van der Waals surface area contributed by atoms with Gasteiger partial charge in [0.05, 0.1) is 18.5 Å². The molecule has 0 spiro atoms. The van der Waals surface area contributed by atoms with Crippen molar-refractivity contribution >= 4 is 50.3 Å². The molecule has 2 atom stereocenters.